The van der Waals surface area contributed by atoms with E-state index < -0.39 is 0 Å². The Morgan fingerprint density at radius 1 is 1.32 bits per heavy atom. The molecule has 0 aliphatic heterocycles. The highest BCUT2D eigenvalue weighted by atomic mass is 32.1. The van der Waals surface area contributed by atoms with Gasteiger partial charge in [-0.15, -0.1) is 22.7 Å². The molecule has 0 fully saturated rings. The molecule has 3 aromatic rings. The van der Waals surface area contributed by atoms with Crippen LogP contribution in [0.4, 0.5) is 0 Å². The van der Waals surface area contributed by atoms with Crippen LogP contribution in [0, 0.1) is 5.92 Å². The average Bonchev–Trinajstić information content (AvgIpc) is 3.02. The predicted molar refractivity (Wildman–Crippen MR) is 81.8 cm³/mol. The molecule has 3 nitrogen and oxygen atoms in total. The number of hydrogen-bond acceptors (Lipinski definition) is 4. The first-order valence-corrected chi connectivity index (χ1v) is 8.18. The number of rotatable bonds is 5. The molecule has 0 saturated heterocycles. The molecule has 1 N–H and O–H groups in total. The zero-order chi connectivity index (χ0) is 13.2. The van der Waals surface area contributed by atoms with E-state index in [2.05, 4.69) is 63.8 Å². The summed E-state index contributed by atoms with van der Waals surface area (Å²) < 4.78 is 2.08. The lowest BCUT2D eigenvalue weighted by atomic mass is 10.0. The van der Waals surface area contributed by atoms with Gasteiger partial charge in [0.05, 0.1) is 5.69 Å². The Labute approximate surface area is 120 Å². The first-order valence-electron chi connectivity index (χ1n) is 6.42. The summed E-state index contributed by atoms with van der Waals surface area (Å²) in [5.41, 5.74) is 1.11. The lowest BCUT2D eigenvalue weighted by molar-refractivity contribution is 0.414. The molecule has 0 aromatic carbocycles. The van der Waals surface area contributed by atoms with Gasteiger partial charge < -0.3 is 5.32 Å². The van der Waals surface area contributed by atoms with Crippen LogP contribution in [0.2, 0.25) is 0 Å². The Morgan fingerprint density at radius 3 is 2.89 bits per heavy atom. The molecular weight excluding hydrogens is 274 g/mol. The van der Waals surface area contributed by atoms with Crippen molar-refractivity contribution >= 4 is 27.6 Å². The smallest absolute Gasteiger partial charge is 0.193 e. The van der Waals surface area contributed by atoms with Crippen molar-refractivity contribution in [1.29, 1.82) is 0 Å². The minimum Gasteiger partial charge on any atom is -0.303 e. The number of thiazole rings is 1. The molecule has 0 saturated carbocycles. The summed E-state index contributed by atoms with van der Waals surface area (Å²) in [6.45, 7) is 5.32. The zero-order valence-corrected chi connectivity index (χ0v) is 12.7. The summed E-state index contributed by atoms with van der Waals surface area (Å²) in [7, 11) is 0. The average molecular weight is 291 g/mol. The molecule has 0 aliphatic carbocycles. The predicted octanol–water partition coefficient (Wildman–Crippen LogP) is 3.94. The molecule has 0 amide bonds. The molecule has 0 aliphatic rings. The highest BCUT2D eigenvalue weighted by Crippen LogP contribution is 2.26. The lowest BCUT2D eigenvalue weighted by Crippen LogP contribution is -2.24. The quantitative estimate of drug-likeness (QED) is 0.771. The number of fused-ring (bicyclic) bond motifs is 1. The monoisotopic (exact) mass is 291 g/mol. The van der Waals surface area contributed by atoms with Crippen molar-refractivity contribution in [2.75, 3.05) is 0 Å². The standard InChI is InChI=1S/C14H17N3S2/c1-10(2)13(12-4-3-6-18-12)15-8-11-9-17-5-7-19-14(17)16-11/h3-7,9-10,13,15H,8H2,1-2H3. The van der Waals surface area contributed by atoms with Crippen LogP contribution in [0.15, 0.2) is 35.3 Å². The third kappa shape index (κ3) is 2.73. The van der Waals surface area contributed by atoms with Crippen molar-refractivity contribution in [3.8, 4) is 0 Å². The first-order chi connectivity index (χ1) is 9.24. The van der Waals surface area contributed by atoms with Gasteiger partial charge in [0.15, 0.2) is 4.96 Å². The number of nitrogens with one attached hydrogen (secondary N) is 1. The Kier molecular flexibility index (Phi) is 3.68. The van der Waals surface area contributed by atoms with Crippen molar-refractivity contribution in [2.45, 2.75) is 26.4 Å². The van der Waals surface area contributed by atoms with Gasteiger partial charge in [0, 0.05) is 35.2 Å². The molecule has 1 unspecified atom stereocenters. The van der Waals surface area contributed by atoms with E-state index in [1.54, 1.807) is 11.3 Å². The van der Waals surface area contributed by atoms with Gasteiger partial charge in [-0.3, -0.25) is 4.40 Å². The Morgan fingerprint density at radius 2 is 2.21 bits per heavy atom. The fourth-order valence-corrected chi connectivity index (χ4v) is 3.90. The van der Waals surface area contributed by atoms with Gasteiger partial charge >= 0.3 is 0 Å². The SMILES string of the molecule is CC(C)C(NCc1cn2ccsc2n1)c1cccs1. The fraction of sp³-hybridized carbons (Fsp3) is 0.357. The number of imidazole rings is 1. The van der Waals surface area contributed by atoms with Gasteiger partial charge in [-0.05, 0) is 17.4 Å². The highest BCUT2D eigenvalue weighted by molar-refractivity contribution is 7.15. The van der Waals surface area contributed by atoms with E-state index in [4.69, 9.17) is 0 Å². The number of thiophene rings is 1. The van der Waals surface area contributed by atoms with Crippen molar-refractivity contribution in [1.82, 2.24) is 14.7 Å². The van der Waals surface area contributed by atoms with Crippen LogP contribution in [0.1, 0.15) is 30.5 Å². The van der Waals surface area contributed by atoms with Gasteiger partial charge in [0.2, 0.25) is 0 Å². The summed E-state index contributed by atoms with van der Waals surface area (Å²) in [5, 5.41) is 7.82. The third-order valence-electron chi connectivity index (χ3n) is 3.16. The van der Waals surface area contributed by atoms with Crippen LogP contribution < -0.4 is 5.32 Å². The van der Waals surface area contributed by atoms with Gasteiger partial charge in [0.1, 0.15) is 0 Å². The summed E-state index contributed by atoms with van der Waals surface area (Å²) in [6, 6.07) is 4.72. The molecule has 0 spiro atoms. The van der Waals surface area contributed by atoms with Crippen LogP contribution in [0.25, 0.3) is 4.96 Å². The summed E-state index contributed by atoms with van der Waals surface area (Å²) in [4.78, 5) is 7.07. The second-order valence-corrected chi connectivity index (χ2v) is 6.80. The molecule has 3 heterocycles. The minimum absolute atomic E-state index is 0.403. The Balaban J connectivity index is 1.71. The maximum atomic E-state index is 4.61. The molecule has 3 rings (SSSR count). The van der Waals surface area contributed by atoms with Crippen LogP contribution in [-0.4, -0.2) is 9.38 Å². The molecule has 0 radical (unpaired) electrons. The van der Waals surface area contributed by atoms with E-state index in [0.29, 0.717) is 12.0 Å². The normalized spacial score (nSPS) is 13.4. The summed E-state index contributed by atoms with van der Waals surface area (Å²) in [6.07, 6.45) is 4.15. The van der Waals surface area contributed by atoms with Crippen LogP contribution in [-0.2, 0) is 6.54 Å². The number of nitrogens with zero attached hydrogens (tertiary/aromatic N) is 2. The maximum Gasteiger partial charge on any atom is 0.193 e. The molecule has 5 heteroatoms. The second kappa shape index (κ2) is 5.45. The lowest BCUT2D eigenvalue weighted by Gasteiger charge is -2.20. The zero-order valence-electron chi connectivity index (χ0n) is 11.0. The van der Waals surface area contributed by atoms with Crippen molar-refractivity contribution < 1.29 is 0 Å². The van der Waals surface area contributed by atoms with Crippen LogP contribution >= 0.6 is 22.7 Å². The van der Waals surface area contributed by atoms with E-state index in [1.165, 1.54) is 4.88 Å². The minimum atomic E-state index is 0.403. The summed E-state index contributed by atoms with van der Waals surface area (Å²) in [5.74, 6) is 0.572. The van der Waals surface area contributed by atoms with E-state index in [9.17, 15) is 0 Å². The van der Waals surface area contributed by atoms with Gasteiger partial charge in [-0.25, -0.2) is 4.98 Å². The third-order valence-corrected chi connectivity index (χ3v) is 4.89. The molecular formula is C14H17N3S2. The van der Waals surface area contributed by atoms with Gasteiger partial charge in [-0.2, -0.15) is 0 Å². The van der Waals surface area contributed by atoms with E-state index in [1.807, 2.05) is 11.3 Å². The maximum absolute atomic E-state index is 4.61. The molecule has 0 bridgehead atoms. The van der Waals surface area contributed by atoms with E-state index in [0.717, 1.165) is 17.2 Å². The van der Waals surface area contributed by atoms with E-state index in [-0.39, 0.29) is 0 Å². The fourth-order valence-electron chi connectivity index (χ4n) is 2.21. The first kappa shape index (κ1) is 12.8. The number of aromatic nitrogens is 2. The second-order valence-electron chi connectivity index (χ2n) is 4.94. The Bertz CT molecular complexity index is 608. The topological polar surface area (TPSA) is 29.3 Å². The molecule has 3 aromatic heterocycles. The summed E-state index contributed by atoms with van der Waals surface area (Å²) >= 11 is 3.49. The number of hydrogen-bond donors (Lipinski definition) is 1. The van der Waals surface area contributed by atoms with Crippen molar-refractivity contribution in [3.05, 3.63) is 45.9 Å². The van der Waals surface area contributed by atoms with Gasteiger partial charge in [-0.1, -0.05) is 19.9 Å². The highest BCUT2D eigenvalue weighted by Gasteiger charge is 2.16. The van der Waals surface area contributed by atoms with Gasteiger partial charge in [0.25, 0.3) is 0 Å². The molecule has 1 atom stereocenters. The van der Waals surface area contributed by atoms with E-state index >= 15 is 0 Å². The molecule has 19 heavy (non-hydrogen) atoms. The van der Waals surface area contributed by atoms with Crippen molar-refractivity contribution in [2.24, 2.45) is 5.92 Å². The molecule has 100 valence electrons. The van der Waals surface area contributed by atoms with Crippen LogP contribution in [0.3, 0.4) is 0 Å². The largest absolute Gasteiger partial charge is 0.303 e. The van der Waals surface area contributed by atoms with Crippen LogP contribution in [0.5, 0.6) is 0 Å². The Hall–Kier alpha value is -1.17. The van der Waals surface area contributed by atoms with Crippen molar-refractivity contribution in [3.63, 3.8) is 0 Å².